The number of benzene rings is 2. The predicted octanol–water partition coefficient (Wildman–Crippen LogP) is 2.41. The summed E-state index contributed by atoms with van der Waals surface area (Å²) in [7, 11) is -3.85. The number of rotatable bonds is 4. The molecule has 1 aliphatic rings. The molecule has 0 saturated carbocycles. The standard InChI is InChI=1S/C21H21FN4O3S/c1-13-19(14(2)26(24-13)17-6-4-16(22)5-7-17)12-21(27)25-10-9-15-3-8-18(11-20(15)25)30(23,28)29/h3-8,11H,9-10,12H2,1-2H3,(H2,23,28,29). The van der Waals surface area contributed by atoms with Crippen LogP contribution >= 0.6 is 0 Å². The van der Waals surface area contributed by atoms with E-state index in [1.807, 2.05) is 13.8 Å². The maximum atomic E-state index is 13.2. The summed E-state index contributed by atoms with van der Waals surface area (Å²) in [5.41, 5.74) is 4.49. The fourth-order valence-electron chi connectivity index (χ4n) is 3.81. The first-order chi connectivity index (χ1) is 14.1. The Bertz CT molecular complexity index is 1250. The van der Waals surface area contributed by atoms with Gasteiger partial charge in [-0.05, 0) is 62.2 Å². The second-order valence-electron chi connectivity index (χ2n) is 7.35. The lowest BCUT2D eigenvalue weighted by atomic mass is 10.1. The van der Waals surface area contributed by atoms with Crippen molar-refractivity contribution in [3.05, 3.63) is 70.8 Å². The average molecular weight is 428 g/mol. The Morgan fingerprint density at radius 1 is 1.17 bits per heavy atom. The largest absolute Gasteiger partial charge is 0.311 e. The minimum absolute atomic E-state index is 0.0163. The van der Waals surface area contributed by atoms with E-state index < -0.39 is 10.0 Å². The zero-order valence-electron chi connectivity index (χ0n) is 16.6. The molecule has 156 valence electrons. The van der Waals surface area contributed by atoms with E-state index in [1.54, 1.807) is 27.8 Å². The SMILES string of the molecule is Cc1nn(-c2ccc(F)cc2)c(C)c1CC(=O)N1CCc2ccc(S(N)(=O)=O)cc21. The summed E-state index contributed by atoms with van der Waals surface area (Å²) in [4.78, 5) is 14.7. The van der Waals surface area contributed by atoms with Crippen molar-refractivity contribution < 1.29 is 17.6 Å². The number of carbonyl (C=O) groups is 1. The van der Waals surface area contributed by atoms with Crippen LogP contribution in [0.5, 0.6) is 0 Å². The molecule has 0 spiro atoms. The second-order valence-corrected chi connectivity index (χ2v) is 8.91. The molecular formula is C21H21FN4O3S. The summed E-state index contributed by atoms with van der Waals surface area (Å²) in [5, 5.41) is 9.75. The normalized spacial score (nSPS) is 13.5. The molecule has 0 saturated heterocycles. The fourth-order valence-corrected chi connectivity index (χ4v) is 4.34. The highest BCUT2D eigenvalue weighted by atomic mass is 32.2. The van der Waals surface area contributed by atoms with Gasteiger partial charge < -0.3 is 4.90 Å². The summed E-state index contributed by atoms with van der Waals surface area (Å²) in [6, 6.07) is 10.6. The van der Waals surface area contributed by atoms with Crippen LogP contribution in [0.15, 0.2) is 47.4 Å². The maximum absolute atomic E-state index is 13.2. The minimum Gasteiger partial charge on any atom is -0.311 e. The molecule has 1 aromatic heterocycles. The number of amides is 1. The minimum atomic E-state index is -3.85. The molecule has 1 aliphatic heterocycles. The van der Waals surface area contributed by atoms with Crippen LogP contribution in [0, 0.1) is 19.7 Å². The van der Waals surface area contributed by atoms with Crippen LogP contribution in [0.1, 0.15) is 22.5 Å². The van der Waals surface area contributed by atoms with Crippen LogP contribution in [0.4, 0.5) is 10.1 Å². The highest BCUT2D eigenvalue weighted by Gasteiger charge is 2.28. The maximum Gasteiger partial charge on any atom is 0.238 e. The van der Waals surface area contributed by atoms with E-state index in [-0.39, 0.29) is 23.0 Å². The average Bonchev–Trinajstić information content (AvgIpc) is 3.24. The Morgan fingerprint density at radius 3 is 2.53 bits per heavy atom. The van der Waals surface area contributed by atoms with Crippen molar-refractivity contribution in [2.75, 3.05) is 11.4 Å². The van der Waals surface area contributed by atoms with Crippen molar-refractivity contribution in [1.82, 2.24) is 9.78 Å². The van der Waals surface area contributed by atoms with Gasteiger partial charge in [0.25, 0.3) is 0 Å². The lowest BCUT2D eigenvalue weighted by Gasteiger charge is -2.18. The molecule has 2 N–H and O–H groups in total. The molecule has 0 fully saturated rings. The first-order valence-electron chi connectivity index (χ1n) is 9.42. The van der Waals surface area contributed by atoms with Gasteiger partial charge in [-0.3, -0.25) is 4.79 Å². The molecule has 0 atom stereocenters. The fraction of sp³-hybridized carbons (Fsp3) is 0.238. The zero-order chi connectivity index (χ0) is 21.6. The van der Waals surface area contributed by atoms with Gasteiger partial charge in [0, 0.05) is 23.5 Å². The Morgan fingerprint density at radius 2 is 1.87 bits per heavy atom. The van der Waals surface area contributed by atoms with Crippen molar-refractivity contribution in [3.63, 3.8) is 0 Å². The number of anilines is 1. The van der Waals surface area contributed by atoms with E-state index in [2.05, 4.69) is 5.10 Å². The van der Waals surface area contributed by atoms with Crippen LogP contribution in [0.25, 0.3) is 5.69 Å². The lowest BCUT2D eigenvalue weighted by Crippen LogP contribution is -2.30. The second kappa shape index (κ2) is 7.33. The van der Waals surface area contributed by atoms with Crippen LogP contribution in [-0.2, 0) is 27.7 Å². The van der Waals surface area contributed by atoms with E-state index >= 15 is 0 Å². The summed E-state index contributed by atoms with van der Waals surface area (Å²) in [6.07, 6.45) is 0.774. The zero-order valence-corrected chi connectivity index (χ0v) is 17.4. The van der Waals surface area contributed by atoms with Crippen LogP contribution in [-0.4, -0.2) is 30.7 Å². The first-order valence-corrected chi connectivity index (χ1v) is 11.0. The number of nitrogens with two attached hydrogens (primary N) is 1. The third-order valence-electron chi connectivity index (χ3n) is 5.42. The molecule has 3 aromatic rings. The van der Waals surface area contributed by atoms with Gasteiger partial charge in [0.1, 0.15) is 5.82 Å². The Hall–Kier alpha value is -3.04. The Labute approximate surface area is 174 Å². The van der Waals surface area contributed by atoms with E-state index in [0.29, 0.717) is 30.0 Å². The third kappa shape index (κ3) is 3.61. The summed E-state index contributed by atoms with van der Waals surface area (Å²) >= 11 is 0. The summed E-state index contributed by atoms with van der Waals surface area (Å²) in [5.74, 6) is -0.479. The number of nitrogens with zero attached hydrogens (tertiary/aromatic N) is 3. The molecule has 0 bridgehead atoms. The number of halogens is 1. The van der Waals surface area contributed by atoms with Gasteiger partial charge in [0.2, 0.25) is 15.9 Å². The Balaban J connectivity index is 1.63. The van der Waals surface area contributed by atoms with Gasteiger partial charge in [0.05, 0.1) is 22.7 Å². The third-order valence-corrected chi connectivity index (χ3v) is 6.33. The van der Waals surface area contributed by atoms with Crippen molar-refractivity contribution in [3.8, 4) is 5.69 Å². The molecule has 2 aromatic carbocycles. The van der Waals surface area contributed by atoms with Crippen molar-refractivity contribution >= 4 is 21.6 Å². The smallest absolute Gasteiger partial charge is 0.238 e. The van der Waals surface area contributed by atoms with Gasteiger partial charge in [-0.25, -0.2) is 22.6 Å². The highest BCUT2D eigenvalue weighted by molar-refractivity contribution is 7.89. The van der Waals surface area contributed by atoms with Crippen LogP contribution in [0.2, 0.25) is 0 Å². The molecule has 2 heterocycles. The van der Waals surface area contributed by atoms with Gasteiger partial charge in [0.15, 0.2) is 0 Å². The summed E-state index contributed by atoms with van der Waals surface area (Å²) in [6.45, 7) is 4.17. The molecule has 0 aliphatic carbocycles. The monoisotopic (exact) mass is 428 g/mol. The highest BCUT2D eigenvalue weighted by Crippen LogP contribution is 2.31. The molecule has 30 heavy (non-hydrogen) atoms. The van der Waals surface area contributed by atoms with E-state index in [1.165, 1.54) is 24.3 Å². The van der Waals surface area contributed by atoms with Gasteiger partial charge in [-0.1, -0.05) is 6.07 Å². The molecule has 0 unspecified atom stereocenters. The number of hydrogen-bond donors (Lipinski definition) is 1. The molecule has 4 rings (SSSR count). The number of aromatic nitrogens is 2. The van der Waals surface area contributed by atoms with Crippen LogP contribution in [0.3, 0.4) is 0 Å². The molecule has 9 heteroatoms. The molecular weight excluding hydrogens is 407 g/mol. The quantitative estimate of drug-likeness (QED) is 0.690. The van der Waals surface area contributed by atoms with Crippen molar-refractivity contribution in [2.45, 2.75) is 31.6 Å². The van der Waals surface area contributed by atoms with E-state index in [0.717, 1.165) is 16.8 Å². The molecule has 1 amide bonds. The van der Waals surface area contributed by atoms with Crippen molar-refractivity contribution in [1.29, 1.82) is 0 Å². The number of carbonyl (C=O) groups excluding carboxylic acids is 1. The molecule has 7 nitrogen and oxygen atoms in total. The van der Waals surface area contributed by atoms with Crippen molar-refractivity contribution in [2.24, 2.45) is 5.14 Å². The Kier molecular flexibility index (Phi) is 4.95. The van der Waals surface area contributed by atoms with E-state index in [4.69, 9.17) is 5.14 Å². The van der Waals surface area contributed by atoms with Gasteiger partial charge in [-0.2, -0.15) is 5.10 Å². The van der Waals surface area contributed by atoms with E-state index in [9.17, 15) is 17.6 Å². The van der Waals surface area contributed by atoms with Crippen LogP contribution < -0.4 is 10.0 Å². The van der Waals surface area contributed by atoms with Gasteiger partial charge >= 0.3 is 0 Å². The van der Waals surface area contributed by atoms with Gasteiger partial charge in [-0.15, -0.1) is 0 Å². The number of aryl methyl sites for hydroxylation is 1. The number of sulfonamides is 1. The predicted molar refractivity (Wildman–Crippen MR) is 111 cm³/mol. The lowest BCUT2D eigenvalue weighted by molar-refractivity contribution is -0.117. The number of primary sulfonamides is 1. The molecule has 0 radical (unpaired) electrons. The summed E-state index contributed by atoms with van der Waals surface area (Å²) < 4.78 is 38.3. The number of hydrogen-bond acceptors (Lipinski definition) is 4. The topological polar surface area (TPSA) is 98.3 Å². The first kappa shape index (κ1) is 20.2. The number of fused-ring (bicyclic) bond motifs is 1.